The van der Waals surface area contributed by atoms with Gasteiger partial charge in [-0.3, -0.25) is 29.3 Å². The first kappa shape index (κ1) is 29.1. The van der Waals surface area contributed by atoms with E-state index >= 15 is 0 Å². The zero-order chi connectivity index (χ0) is 26.1. The van der Waals surface area contributed by atoms with E-state index in [1.807, 2.05) is 0 Å². The van der Waals surface area contributed by atoms with Crippen molar-refractivity contribution in [2.75, 3.05) is 13.2 Å². The molecule has 11 nitrogen and oxygen atoms in total. The fourth-order valence-corrected chi connectivity index (χ4v) is 5.92. The predicted octanol–water partition coefficient (Wildman–Crippen LogP) is 1.51. The smallest absolute Gasteiger partial charge is 0.307 e. The first-order valence-electron chi connectivity index (χ1n) is 11.9. The second kappa shape index (κ2) is 13.8. The molecular formula is C22H34Cl2N4O7. The van der Waals surface area contributed by atoms with Crippen LogP contribution >= 0.6 is 23.2 Å². The van der Waals surface area contributed by atoms with Crippen molar-refractivity contribution in [1.29, 1.82) is 0 Å². The van der Waals surface area contributed by atoms with E-state index in [0.717, 1.165) is 0 Å². The van der Waals surface area contributed by atoms with E-state index in [0.29, 0.717) is 19.3 Å². The molecule has 6 atom stereocenters. The standard InChI is InChI=1S/C22H34Cl2N4O7/c1-3-35-21(31)10-19(13-4-15(23)8-16(24)5-13)27-20(30)11-25-22(32)14-6-17(26-12(2)29)9-18(7-14)28(33)34/h13-19H,3-11H2,1-2H3,(H,25,32)(H,26,29)(H,27,30). The monoisotopic (exact) mass is 536 g/mol. The molecule has 3 N–H and O–H groups in total. The molecule has 0 aromatic carbocycles. The van der Waals surface area contributed by atoms with Gasteiger partial charge in [0.1, 0.15) is 0 Å². The first-order chi connectivity index (χ1) is 16.5. The Balaban J connectivity index is 1.97. The summed E-state index contributed by atoms with van der Waals surface area (Å²) in [7, 11) is 0. The summed E-state index contributed by atoms with van der Waals surface area (Å²) in [5, 5.41) is 19.0. The number of rotatable bonds is 10. The molecule has 6 unspecified atom stereocenters. The molecule has 2 saturated carbocycles. The maximum atomic E-state index is 12.7. The van der Waals surface area contributed by atoms with Crippen LogP contribution in [0.5, 0.6) is 0 Å². The average Bonchev–Trinajstić information content (AvgIpc) is 2.75. The Morgan fingerprint density at radius 3 is 2.29 bits per heavy atom. The van der Waals surface area contributed by atoms with Crippen LogP contribution < -0.4 is 16.0 Å². The highest BCUT2D eigenvalue weighted by atomic mass is 35.5. The van der Waals surface area contributed by atoms with Gasteiger partial charge in [0.05, 0.1) is 19.6 Å². The van der Waals surface area contributed by atoms with Crippen molar-refractivity contribution in [3.8, 4) is 0 Å². The highest BCUT2D eigenvalue weighted by molar-refractivity contribution is 6.23. The summed E-state index contributed by atoms with van der Waals surface area (Å²) >= 11 is 12.6. The number of hydrogen-bond acceptors (Lipinski definition) is 7. The molecule has 198 valence electrons. The molecule has 0 bridgehead atoms. The van der Waals surface area contributed by atoms with Crippen molar-refractivity contribution >= 4 is 46.9 Å². The van der Waals surface area contributed by atoms with Gasteiger partial charge in [-0.2, -0.15) is 0 Å². The number of nitrogens with one attached hydrogen (secondary N) is 3. The Bertz CT molecular complexity index is 790. The lowest BCUT2D eigenvalue weighted by atomic mass is 9.82. The van der Waals surface area contributed by atoms with Gasteiger partial charge in [-0.1, -0.05) is 0 Å². The Labute approximate surface area is 214 Å². The number of nitrogens with zero attached hydrogens (tertiary/aromatic N) is 1. The summed E-state index contributed by atoms with van der Waals surface area (Å²) in [6.45, 7) is 2.86. The van der Waals surface area contributed by atoms with Crippen molar-refractivity contribution in [2.45, 2.75) is 87.7 Å². The van der Waals surface area contributed by atoms with Crippen molar-refractivity contribution in [3.05, 3.63) is 10.1 Å². The van der Waals surface area contributed by atoms with Gasteiger partial charge < -0.3 is 20.7 Å². The van der Waals surface area contributed by atoms with Crippen LogP contribution in [0.4, 0.5) is 0 Å². The lowest BCUT2D eigenvalue weighted by Crippen LogP contribution is -2.50. The van der Waals surface area contributed by atoms with Gasteiger partial charge in [-0.15, -0.1) is 23.2 Å². The van der Waals surface area contributed by atoms with Gasteiger partial charge in [0.25, 0.3) is 0 Å². The summed E-state index contributed by atoms with van der Waals surface area (Å²) in [4.78, 5) is 59.7. The molecule has 35 heavy (non-hydrogen) atoms. The summed E-state index contributed by atoms with van der Waals surface area (Å²) in [5.74, 6) is -2.63. The van der Waals surface area contributed by atoms with Crippen LogP contribution in [0.3, 0.4) is 0 Å². The molecule has 0 aromatic heterocycles. The number of carbonyl (C=O) groups excluding carboxylic acids is 4. The summed E-state index contributed by atoms with van der Waals surface area (Å²) in [6, 6.07) is -2.01. The van der Waals surface area contributed by atoms with Gasteiger partial charge >= 0.3 is 5.97 Å². The van der Waals surface area contributed by atoms with E-state index in [1.54, 1.807) is 6.92 Å². The molecule has 0 spiro atoms. The highest BCUT2D eigenvalue weighted by Gasteiger charge is 2.39. The second-order valence-electron chi connectivity index (χ2n) is 9.30. The lowest BCUT2D eigenvalue weighted by Gasteiger charge is -2.35. The summed E-state index contributed by atoms with van der Waals surface area (Å²) in [5.41, 5.74) is 0. The summed E-state index contributed by atoms with van der Waals surface area (Å²) in [6.07, 6.45) is 2.18. The maximum absolute atomic E-state index is 12.7. The van der Waals surface area contributed by atoms with Crippen LogP contribution in [0.25, 0.3) is 0 Å². The zero-order valence-electron chi connectivity index (χ0n) is 20.0. The quantitative estimate of drug-likeness (QED) is 0.165. The number of halogens is 2. The first-order valence-corrected chi connectivity index (χ1v) is 12.8. The fourth-order valence-electron chi connectivity index (χ4n) is 4.94. The third-order valence-electron chi connectivity index (χ3n) is 6.42. The maximum Gasteiger partial charge on any atom is 0.307 e. The molecule has 0 aliphatic heterocycles. The molecule has 0 saturated heterocycles. The fraction of sp³-hybridized carbons (Fsp3) is 0.818. The van der Waals surface area contributed by atoms with Crippen LogP contribution in [0.15, 0.2) is 0 Å². The van der Waals surface area contributed by atoms with Crippen LogP contribution in [0, 0.1) is 22.0 Å². The van der Waals surface area contributed by atoms with E-state index in [9.17, 15) is 29.3 Å². The van der Waals surface area contributed by atoms with Gasteiger partial charge in [0.2, 0.25) is 23.8 Å². The molecular weight excluding hydrogens is 503 g/mol. The average molecular weight is 537 g/mol. The van der Waals surface area contributed by atoms with Crippen molar-refractivity contribution in [3.63, 3.8) is 0 Å². The van der Waals surface area contributed by atoms with E-state index in [2.05, 4.69) is 16.0 Å². The van der Waals surface area contributed by atoms with Crippen LogP contribution in [-0.4, -0.2) is 70.6 Å². The number of esters is 1. The molecule has 13 heteroatoms. The molecule has 2 rings (SSSR count). The van der Waals surface area contributed by atoms with Gasteiger partial charge in [-0.25, -0.2) is 0 Å². The number of alkyl halides is 2. The Kier molecular flexibility index (Phi) is 11.5. The minimum absolute atomic E-state index is 0.0261. The van der Waals surface area contributed by atoms with E-state index in [4.69, 9.17) is 27.9 Å². The molecule has 2 aliphatic carbocycles. The minimum atomic E-state index is -0.961. The molecule has 0 radical (unpaired) electrons. The number of ether oxygens (including phenoxy) is 1. The topological polar surface area (TPSA) is 157 Å². The second-order valence-corrected chi connectivity index (χ2v) is 10.5. The molecule has 2 aliphatic rings. The van der Waals surface area contributed by atoms with Crippen LogP contribution in [0.2, 0.25) is 0 Å². The highest BCUT2D eigenvalue weighted by Crippen LogP contribution is 2.34. The summed E-state index contributed by atoms with van der Waals surface area (Å²) < 4.78 is 5.03. The third-order valence-corrected chi connectivity index (χ3v) is 7.13. The van der Waals surface area contributed by atoms with Crippen molar-refractivity contribution in [2.24, 2.45) is 11.8 Å². The molecule has 0 aromatic rings. The van der Waals surface area contributed by atoms with E-state index in [1.165, 1.54) is 6.92 Å². The molecule has 0 heterocycles. The third kappa shape index (κ3) is 9.79. The zero-order valence-corrected chi connectivity index (χ0v) is 21.5. The predicted molar refractivity (Wildman–Crippen MR) is 129 cm³/mol. The van der Waals surface area contributed by atoms with E-state index in [-0.39, 0.29) is 61.4 Å². The molecule has 2 fully saturated rings. The van der Waals surface area contributed by atoms with Gasteiger partial charge in [0, 0.05) is 53.4 Å². The van der Waals surface area contributed by atoms with Crippen molar-refractivity contribution < 1.29 is 28.8 Å². The minimum Gasteiger partial charge on any atom is -0.466 e. The molecule has 3 amide bonds. The Hall–Kier alpha value is -2.14. The van der Waals surface area contributed by atoms with Gasteiger partial charge in [0.15, 0.2) is 0 Å². The largest absolute Gasteiger partial charge is 0.466 e. The van der Waals surface area contributed by atoms with E-state index < -0.39 is 46.8 Å². The number of hydrogen-bond donors (Lipinski definition) is 3. The lowest BCUT2D eigenvalue weighted by molar-refractivity contribution is -0.528. The normalized spacial score (nSPS) is 29.4. The SMILES string of the molecule is CCOC(=O)CC(NC(=O)CNC(=O)C1CC(NC(C)=O)CC([N+](=O)[O-])C1)C1CC(Cl)CC(Cl)C1. The van der Waals surface area contributed by atoms with Crippen molar-refractivity contribution in [1.82, 2.24) is 16.0 Å². The Morgan fingerprint density at radius 1 is 1.06 bits per heavy atom. The van der Waals surface area contributed by atoms with Gasteiger partial charge in [-0.05, 0) is 38.5 Å². The van der Waals surface area contributed by atoms with Crippen LogP contribution in [-0.2, 0) is 23.9 Å². The van der Waals surface area contributed by atoms with Crippen LogP contribution in [0.1, 0.15) is 58.8 Å². The number of amides is 3. The Morgan fingerprint density at radius 2 is 1.71 bits per heavy atom. The number of nitro groups is 1. The number of carbonyl (C=O) groups is 4.